The van der Waals surface area contributed by atoms with E-state index < -0.39 is 0 Å². The molecule has 0 saturated heterocycles. The summed E-state index contributed by atoms with van der Waals surface area (Å²) in [6.45, 7) is 0.333. The zero-order valence-electron chi connectivity index (χ0n) is 18.0. The highest BCUT2D eigenvalue weighted by molar-refractivity contribution is 6.07. The number of carbonyl (C=O) groups excluding carboxylic acids is 1. The molecule has 7 nitrogen and oxygen atoms in total. The minimum atomic E-state index is -0.329. The van der Waals surface area contributed by atoms with Gasteiger partial charge in [0.15, 0.2) is 0 Å². The molecule has 3 aromatic carbocycles. The predicted octanol–water partition coefficient (Wildman–Crippen LogP) is 4.78. The molecule has 0 radical (unpaired) electrons. The number of hydrogen-bond donors (Lipinski definition) is 3. The van der Waals surface area contributed by atoms with Gasteiger partial charge in [0.2, 0.25) is 0 Å². The monoisotopic (exact) mass is 437 g/mol. The van der Waals surface area contributed by atoms with Crippen molar-refractivity contribution in [3.8, 4) is 11.5 Å². The van der Waals surface area contributed by atoms with Gasteiger partial charge in [-0.1, -0.05) is 12.1 Å². The second-order valence-electron chi connectivity index (χ2n) is 7.29. The van der Waals surface area contributed by atoms with Crippen molar-refractivity contribution in [3.05, 3.63) is 77.1 Å². The Morgan fingerprint density at radius 1 is 0.938 bits per heavy atom. The van der Waals surface area contributed by atoms with Crippen molar-refractivity contribution < 1.29 is 23.4 Å². The lowest BCUT2D eigenvalue weighted by molar-refractivity contribution is 0.102. The smallest absolute Gasteiger partial charge is 0.259 e. The van der Waals surface area contributed by atoms with Gasteiger partial charge in [-0.2, -0.15) is 0 Å². The van der Waals surface area contributed by atoms with Crippen molar-refractivity contribution >= 4 is 23.0 Å². The number of carbonyl (C=O) groups is 1. The largest absolute Gasteiger partial charge is 0.496 e. The molecule has 4 rings (SSSR count). The highest BCUT2D eigenvalue weighted by Gasteiger charge is 2.22. The van der Waals surface area contributed by atoms with Crippen LogP contribution in [0.2, 0.25) is 0 Å². The van der Waals surface area contributed by atoms with E-state index in [0.29, 0.717) is 29.4 Å². The molecular formula is C24H24FN3O4. The number of hydrogen-bond acceptors (Lipinski definition) is 6. The van der Waals surface area contributed by atoms with Gasteiger partial charge in [0.25, 0.3) is 5.91 Å². The first-order chi connectivity index (χ1) is 15.5. The van der Waals surface area contributed by atoms with Gasteiger partial charge >= 0.3 is 0 Å². The van der Waals surface area contributed by atoms with Crippen molar-refractivity contribution in [1.82, 2.24) is 0 Å². The quantitative estimate of drug-likeness (QED) is 0.494. The summed E-state index contributed by atoms with van der Waals surface area (Å²) in [6, 6.07) is 15.2. The average molecular weight is 437 g/mol. The van der Waals surface area contributed by atoms with E-state index in [1.807, 2.05) is 12.1 Å². The summed E-state index contributed by atoms with van der Waals surface area (Å²) in [6.07, 6.45) is -0.186. The fourth-order valence-corrected chi connectivity index (χ4v) is 3.64. The number of nitrogens with one attached hydrogen (secondary N) is 3. The van der Waals surface area contributed by atoms with E-state index in [-0.39, 0.29) is 17.9 Å². The highest BCUT2D eigenvalue weighted by Crippen LogP contribution is 2.37. The van der Waals surface area contributed by atoms with Crippen LogP contribution in [0.1, 0.15) is 27.7 Å². The molecule has 8 heteroatoms. The number of halogens is 1. The van der Waals surface area contributed by atoms with Crippen LogP contribution in [0.3, 0.4) is 0 Å². The van der Waals surface area contributed by atoms with E-state index in [1.54, 1.807) is 44.6 Å². The van der Waals surface area contributed by atoms with Gasteiger partial charge in [-0.15, -0.1) is 0 Å². The second-order valence-corrected chi connectivity index (χ2v) is 7.29. The van der Waals surface area contributed by atoms with Crippen LogP contribution in [-0.4, -0.2) is 27.2 Å². The molecule has 1 atom stereocenters. The topological polar surface area (TPSA) is 80.9 Å². The van der Waals surface area contributed by atoms with Crippen LogP contribution in [0.25, 0.3) is 0 Å². The van der Waals surface area contributed by atoms with Crippen LogP contribution in [0.15, 0.2) is 54.6 Å². The summed E-state index contributed by atoms with van der Waals surface area (Å²) in [5.41, 5.74) is 4.37. The van der Waals surface area contributed by atoms with Gasteiger partial charge in [0.05, 0.1) is 37.8 Å². The van der Waals surface area contributed by atoms with E-state index >= 15 is 0 Å². The molecule has 0 aromatic heterocycles. The number of methoxy groups -OCH3 is 3. The molecule has 0 fully saturated rings. The molecule has 1 aliphatic heterocycles. The lowest BCUT2D eigenvalue weighted by atomic mass is 10.1. The lowest BCUT2D eigenvalue weighted by Gasteiger charge is -2.15. The third kappa shape index (κ3) is 4.31. The zero-order valence-corrected chi connectivity index (χ0v) is 18.0. The van der Waals surface area contributed by atoms with Crippen LogP contribution in [0.4, 0.5) is 21.5 Å². The second kappa shape index (κ2) is 9.15. The van der Waals surface area contributed by atoms with Crippen molar-refractivity contribution in [3.63, 3.8) is 0 Å². The van der Waals surface area contributed by atoms with E-state index in [2.05, 4.69) is 16.0 Å². The van der Waals surface area contributed by atoms with Crippen LogP contribution in [0, 0.1) is 5.82 Å². The summed E-state index contributed by atoms with van der Waals surface area (Å²) in [4.78, 5) is 13.0. The Bertz CT molecular complexity index is 1130. The van der Waals surface area contributed by atoms with Gasteiger partial charge in [-0.05, 0) is 48.0 Å². The predicted molar refractivity (Wildman–Crippen MR) is 121 cm³/mol. The Hall–Kier alpha value is -3.78. The molecule has 166 valence electrons. The van der Waals surface area contributed by atoms with E-state index in [0.717, 1.165) is 22.5 Å². The molecular weight excluding hydrogens is 413 g/mol. The first kappa shape index (κ1) is 21.5. The SMILES string of the molecule is COCc1cc(OC)c(C(=O)Nc2ccc3c(c2)NC(c2ccc(F)cc2)N3)cc1OC. The van der Waals surface area contributed by atoms with Crippen molar-refractivity contribution in [2.24, 2.45) is 0 Å². The van der Waals surface area contributed by atoms with Gasteiger partial charge < -0.3 is 30.2 Å². The molecule has 0 spiro atoms. The van der Waals surface area contributed by atoms with Crippen molar-refractivity contribution in [2.75, 3.05) is 37.3 Å². The van der Waals surface area contributed by atoms with E-state index in [9.17, 15) is 9.18 Å². The lowest BCUT2D eigenvalue weighted by Crippen LogP contribution is -2.14. The first-order valence-corrected chi connectivity index (χ1v) is 10.00. The summed E-state index contributed by atoms with van der Waals surface area (Å²) in [5.74, 6) is 0.356. The highest BCUT2D eigenvalue weighted by atomic mass is 19.1. The number of benzene rings is 3. The summed E-state index contributed by atoms with van der Waals surface area (Å²) in [5, 5.41) is 9.59. The molecule has 3 aromatic rings. The van der Waals surface area contributed by atoms with E-state index in [4.69, 9.17) is 14.2 Å². The van der Waals surface area contributed by atoms with Gasteiger partial charge in [0, 0.05) is 18.4 Å². The van der Waals surface area contributed by atoms with Crippen LogP contribution >= 0.6 is 0 Å². The normalized spacial score (nSPS) is 14.2. The Kier molecular flexibility index (Phi) is 6.13. The fraction of sp³-hybridized carbons (Fsp3) is 0.208. The Balaban J connectivity index is 1.53. The Labute approximate surface area is 185 Å². The minimum absolute atomic E-state index is 0.186. The number of fused-ring (bicyclic) bond motifs is 1. The summed E-state index contributed by atoms with van der Waals surface area (Å²) >= 11 is 0. The fourth-order valence-electron chi connectivity index (χ4n) is 3.64. The van der Waals surface area contributed by atoms with Gasteiger partial charge in [-0.25, -0.2) is 4.39 Å². The molecule has 32 heavy (non-hydrogen) atoms. The maximum Gasteiger partial charge on any atom is 0.259 e. The molecule has 1 amide bonds. The molecule has 1 unspecified atom stereocenters. The number of amides is 1. The van der Waals surface area contributed by atoms with Gasteiger partial charge in [-0.3, -0.25) is 4.79 Å². The Morgan fingerprint density at radius 2 is 1.66 bits per heavy atom. The maximum atomic E-state index is 13.2. The minimum Gasteiger partial charge on any atom is -0.496 e. The van der Waals surface area contributed by atoms with Crippen LogP contribution in [-0.2, 0) is 11.3 Å². The standard InChI is InChI=1S/C24H24FN3O4/c1-30-13-15-10-22(32-3)18(12-21(15)31-2)24(29)26-17-8-9-19-20(11-17)28-23(27-19)14-4-6-16(25)7-5-14/h4-12,23,27-28H,13H2,1-3H3,(H,26,29). The Morgan fingerprint density at radius 3 is 2.34 bits per heavy atom. The molecule has 0 saturated carbocycles. The number of anilines is 3. The first-order valence-electron chi connectivity index (χ1n) is 10.00. The van der Waals surface area contributed by atoms with Crippen molar-refractivity contribution in [1.29, 1.82) is 0 Å². The summed E-state index contributed by atoms with van der Waals surface area (Å²) < 4.78 is 29.2. The maximum absolute atomic E-state index is 13.2. The van der Waals surface area contributed by atoms with Crippen molar-refractivity contribution in [2.45, 2.75) is 12.8 Å². The van der Waals surface area contributed by atoms with Crippen LogP contribution in [0.5, 0.6) is 11.5 Å². The third-order valence-electron chi connectivity index (χ3n) is 5.23. The molecule has 0 aliphatic carbocycles. The number of rotatable bonds is 7. The van der Waals surface area contributed by atoms with Gasteiger partial charge in [0.1, 0.15) is 23.5 Å². The van der Waals surface area contributed by atoms with E-state index in [1.165, 1.54) is 19.2 Å². The molecule has 1 aliphatic rings. The number of ether oxygens (including phenoxy) is 3. The summed E-state index contributed by atoms with van der Waals surface area (Å²) in [7, 11) is 4.64. The van der Waals surface area contributed by atoms with Crippen LogP contribution < -0.4 is 25.4 Å². The molecule has 3 N–H and O–H groups in total. The zero-order chi connectivity index (χ0) is 22.7. The molecule has 1 heterocycles. The molecule has 0 bridgehead atoms. The third-order valence-corrected chi connectivity index (χ3v) is 5.23. The average Bonchev–Trinajstić information content (AvgIpc) is 3.22.